The lowest BCUT2D eigenvalue weighted by atomic mass is 10.2. The van der Waals surface area contributed by atoms with E-state index in [1.165, 1.54) is 0 Å². The number of rotatable bonds is 6. The van der Waals surface area contributed by atoms with E-state index >= 15 is 0 Å². The Morgan fingerprint density at radius 1 is 1.08 bits per heavy atom. The number of carbonyl (C=O) groups excluding carboxylic acids is 2. The van der Waals surface area contributed by atoms with Crippen molar-refractivity contribution in [2.75, 3.05) is 5.32 Å². The van der Waals surface area contributed by atoms with E-state index in [1.807, 2.05) is 37.3 Å². The molecule has 0 saturated carbocycles. The number of benzene rings is 2. The summed E-state index contributed by atoms with van der Waals surface area (Å²) in [7, 11) is 0. The molecule has 0 fully saturated rings. The van der Waals surface area contributed by atoms with Crippen LogP contribution in [0.25, 0.3) is 0 Å². The molecule has 0 saturated heterocycles. The van der Waals surface area contributed by atoms with E-state index in [1.54, 1.807) is 24.4 Å². The quantitative estimate of drug-likeness (QED) is 0.622. The van der Waals surface area contributed by atoms with Gasteiger partial charge in [-0.1, -0.05) is 41.9 Å². The molecule has 24 heavy (non-hydrogen) atoms. The zero-order valence-corrected chi connectivity index (χ0v) is 14.0. The summed E-state index contributed by atoms with van der Waals surface area (Å²) in [5.41, 5.74) is 4.84. The van der Waals surface area contributed by atoms with Gasteiger partial charge in [0.1, 0.15) is 0 Å². The van der Waals surface area contributed by atoms with Crippen molar-refractivity contribution in [1.82, 2.24) is 5.43 Å². The number of carbonyl (C=O) groups is 2. The number of hydrogen-bond donors (Lipinski definition) is 2. The first-order valence-electron chi connectivity index (χ1n) is 7.47. The molecule has 0 radical (unpaired) electrons. The minimum atomic E-state index is -0.315. The minimum Gasteiger partial charge on any atom is -0.326 e. The van der Waals surface area contributed by atoms with Gasteiger partial charge in [0.25, 0.3) is 0 Å². The second kappa shape index (κ2) is 8.84. The predicted octanol–water partition coefficient (Wildman–Crippen LogP) is 3.52. The monoisotopic (exact) mass is 343 g/mol. The summed E-state index contributed by atoms with van der Waals surface area (Å²) >= 11 is 5.87. The average molecular weight is 344 g/mol. The van der Waals surface area contributed by atoms with Crippen LogP contribution < -0.4 is 10.7 Å². The summed E-state index contributed by atoms with van der Waals surface area (Å²) in [5, 5.41) is 7.23. The maximum Gasteiger partial charge on any atom is 0.240 e. The Labute approximate surface area is 145 Å². The van der Waals surface area contributed by atoms with E-state index in [0.29, 0.717) is 10.7 Å². The van der Waals surface area contributed by atoms with Gasteiger partial charge in [0.2, 0.25) is 11.8 Å². The van der Waals surface area contributed by atoms with Gasteiger partial charge in [-0.2, -0.15) is 5.10 Å². The maximum absolute atomic E-state index is 11.9. The number of anilines is 1. The number of hydrazone groups is 1. The third-order valence-electron chi connectivity index (χ3n) is 3.24. The van der Waals surface area contributed by atoms with Crippen LogP contribution in [0.2, 0.25) is 5.02 Å². The first-order chi connectivity index (χ1) is 11.5. The SMILES string of the molecule is Cc1cc(Cl)ccc1NC(=O)CCC(=O)N/N=C\c1ccccc1. The highest BCUT2D eigenvalue weighted by molar-refractivity contribution is 6.30. The maximum atomic E-state index is 11.9. The summed E-state index contributed by atoms with van der Waals surface area (Å²) in [5.74, 6) is -0.548. The lowest BCUT2D eigenvalue weighted by molar-refractivity contribution is -0.124. The van der Waals surface area contributed by atoms with Crippen LogP contribution in [0.1, 0.15) is 24.0 Å². The Kier molecular flexibility index (Phi) is 6.51. The van der Waals surface area contributed by atoms with Crippen molar-refractivity contribution in [3.05, 3.63) is 64.7 Å². The molecule has 0 aliphatic rings. The second-order valence-electron chi connectivity index (χ2n) is 5.21. The van der Waals surface area contributed by atoms with Gasteiger partial charge in [-0.05, 0) is 36.2 Å². The zero-order chi connectivity index (χ0) is 17.4. The molecular formula is C18H18ClN3O2. The Morgan fingerprint density at radius 3 is 2.50 bits per heavy atom. The number of aryl methyl sites for hydroxylation is 1. The molecule has 2 amide bonds. The molecule has 124 valence electrons. The average Bonchev–Trinajstić information content (AvgIpc) is 2.56. The summed E-state index contributed by atoms with van der Waals surface area (Å²) in [6, 6.07) is 14.6. The number of amides is 2. The number of nitrogens with zero attached hydrogens (tertiary/aromatic N) is 1. The minimum absolute atomic E-state index is 0.0601. The van der Waals surface area contributed by atoms with Crippen molar-refractivity contribution in [3.8, 4) is 0 Å². The third-order valence-corrected chi connectivity index (χ3v) is 3.48. The molecule has 0 spiro atoms. The Morgan fingerprint density at radius 2 is 1.79 bits per heavy atom. The summed E-state index contributed by atoms with van der Waals surface area (Å²) < 4.78 is 0. The Bertz CT molecular complexity index is 745. The molecule has 2 aromatic rings. The van der Waals surface area contributed by atoms with Crippen molar-refractivity contribution < 1.29 is 9.59 Å². The standard InChI is InChI=1S/C18H18ClN3O2/c1-13-11-15(19)7-8-16(13)21-17(23)9-10-18(24)22-20-12-14-5-3-2-4-6-14/h2-8,11-12H,9-10H2,1H3,(H,21,23)(H,22,24)/b20-12-. The molecule has 0 aliphatic heterocycles. The molecule has 0 unspecified atom stereocenters. The first kappa shape index (κ1) is 17.7. The Hall–Kier alpha value is -2.66. The molecule has 2 rings (SSSR count). The third kappa shape index (κ3) is 5.85. The van der Waals surface area contributed by atoms with E-state index in [4.69, 9.17) is 11.6 Å². The first-order valence-corrected chi connectivity index (χ1v) is 7.85. The molecule has 5 nitrogen and oxygen atoms in total. The molecular weight excluding hydrogens is 326 g/mol. The van der Waals surface area contributed by atoms with Gasteiger partial charge in [-0.25, -0.2) is 5.43 Å². The van der Waals surface area contributed by atoms with Gasteiger partial charge >= 0.3 is 0 Å². The fraction of sp³-hybridized carbons (Fsp3) is 0.167. The smallest absolute Gasteiger partial charge is 0.240 e. The van der Waals surface area contributed by atoms with Gasteiger partial charge in [0, 0.05) is 23.6 Å². The molecule has 2 aromatic carbocycles. The van der Waals surface area contributed by atoms with Crippen molar-refractivity contribution >= 4 is 35.3 Å². The van der Waals surface area contributed by atoms with Crippen LogP contribution >= 0.6 is 11.6 Å². The second-order valence-corrected chi connectivity index (χ2v) is 5.65. The van der Waals surface area contributed by atoms with Gasteiger partial charge in [0.05, 0.1) is 6.21 Å². The molecule has 0 bridgehead atoms. The van der Waals surface area contributed by atoms with Crippen LogP contribution in [-0.2, 0) is 9.59 Å². The molecule has 0 aromatic heterocycles. The molecule has 6 heteroatoms. The highest BCUT2D eigenvalue weighted by atomic mass is 35.5. The van der Waals surface area contributed by atoms with Crippen LogP contribution in [-0.4, -0.2) is 18.0 Å². The van der Waals surface area contributed by atoms with E-state index in [2.05, 4.69) is 15.8 Å². The van der Waals surface area contributed by atoms with Crippen molar-refractivity contribution in [1.29, 1.82) is 0 Å². The van der Waals surface area contributed by atoms with E-state index in [9.17, 15) is 9.59 Å². The van der Waals surface area contributed by atoms with E-state index in [0.717, 1.165) is 11.1 Å². The van der Waals surface area contributed by atoms with Crippen molar-refractivity contribution in [2.24, 2.45) is 5.10 Å². The lowest BCUT2D eigenvalue weighted by Gasteiger charge is -2.08. The highest BCUT2D eigenvalue weighted by Crippen LogP contribution is 2.19. The highest BCUT2D eigenvalue weighted by Gasteiger charge is 2.08. The molecule has 2 N–H and O–H groups in total. The number of hydrogen-bond acceptors (Lipinski definition) is 3. The predicted molar refractivity (Wildman–Crippen MR) is 96.2 cm³/mol. The number of halogens is 1. The van der Waals surface area contributed by atoms with Gasteiger partial charge < -0.3 is 5.32 Å². The molecule has 0 aliphatic carbocycles. The van der Waals surface area contributed by atoms with Gasteiger partial charge in [-0.3, -0.25) is 9.59 Å². The fourth-order valence-corrected chi connectivity index (χ4v) is 2.21. The largest absolute Gasteiger partial charge is 0.326 e. The van der Waals surface area contributed by atoms with Crippen LogP contribution in [0.3, 0.4) is 0 Å². The van der Waals surface area contributed by atoms with Gasteiger partial charge in [0.15, 0.2) is 0 Å². The van der Waals surface area contributed by atoms with Crippen LogP contribution in [0.5, 0.6) is 0 Å². The van der Waals surface area contributed by atoms with Crippen LogP contribution in [0.15, 0.2) is 53.6 Å². The van der Waals surface area contributed by atoms with Crippen molar-refractivity contribution in [3.63, 3.8) is 0 Å². The van der Waals surface area contributed by atoms with E-state index < -0.39 is 0 Å². The van der Waals surface area contributed by atoms with Gasteiger partial charge in [-0.15, -0.1) is 0 Å². The topological polar surface area (TPSA) is 70.6 Å². The van der Waals surface area contributed by atoms with E-state index in [-0.39, 0.29) is 24.7 Å². The molecule has 0 heterocycles. The van der Waals surface area contributed by atoms with Crippen molar-refractivity contribution in [2.45, 2.75) is 19.8 Å². The van der Waals surface area contributed by atoms with Crippen LogP contribution in [0, 0.1) is 6.92 Å². The summed E-state index contributed by atoms with van der Waals surface area (Å²) in [4.78, 5) is 23.6. The number of nitrogens with one attached hydrogen (secondary N) is 2. The van der Waals surface area contributed by atoms with Crippen LogP contribution in [0.4, 0.5) is 5.69 Å². The lowest BCUT2D eigenvalue weighted by Crippen LogP contribution is -2.20. The molecule has 0 atom stereocenters. The fourth-order valence-electron chi connectivity index (χ4n) is 1.98. The summed E-state index contributed by atoms with van der Waals surface area (Å²) in [6.07, 6.45) is 1.69. The Balaban J connectivity index is 1.75. The summed E-state index contributed by atoms with van der Waals surface area (Å²) in [6.45, 7) is 1.85. The normalized spacial score (nSPS) is 10.6. The zero-order valence-electron chi connectivity index (χ0n) is 13.3.